The van der Waals surface area contributed by atoms with Crippen molar-refractivity contribution in [3.63, 3.8) is 0 Å². The quantitative estimate of drug-likeness (QED) is 0.456. The lowest BCUT2D eigenvalue weighted by atomic mass is 9.95. The minimum atomic E-state index is -1.05. The highest BCUT2D eigenvalue weighted by molar-refractivity contribution is 6.01. The molecular weight excluding hydrogens is 444 g/mol. The van der Waals surface area contributed by atoms with Gasteiger partial charge in [0.05, 0.1) is 6.54 Å². The maximum Gasteiger partial charge on any atom is 0.272 e. The Morgan fingerprint density at radius 3 is 2.40 bits per heavy atom. The fraction of sp³-hybridized carbons (Fsp3) is 0.769. The number of hydrogen-bond acceptors (Lipinski definition) is 5. The van der Waals surface area contributed by atoms with E-state index in [0.717, 1.165) is 51.7 Å². The second-order valence-electron chi connectivity index (χ2n) is 10.7. The number of fused-ring (bicyclic) bond motifs is 1. The van der Waals surface area contributed by atoms with Crippen molar-refractivity contribution < 1.29 is 14.4 Å². The topological polar surface area (TPSA) is 99.6 Å². The molecule has 0 spiro atoms. The summed E-state index contributed by atoms with van der Waals surface area (Å²) >= 11 is 0. The Hall–Kier alpha value is -2.42. The van der Waals surface area contributed by atoms with Gasteiger partial charge in [0.25, 0.3) is 11.8 Å². The van der Waals surface area contributed by atoms with Crippen molar-refractivity contribution in [3.05, 3.63) is 17.5 Å². The predicted octanol–water partition coefficient (Wildman–Crippen LogP) is 2.56. The van der Waals surface area contributed by atoms with Gasteiger partial charge in [-0.05, 0) is 58.7 Å². The Morgan fingerprint density at radius 2 is 1.71 bits per heavy atom. The third-order valence-corrected chi connectivity index (χ3v) is 8.05. The van der Waals surface area contributed by atoms with E-state index in [1.54, 1.807) is 20.0 Å². The van der Waals surface area contributed by atoms with Crippen LogP contribution in [0, 0.1) is 0 Å². The van der Waals surface area contributed by atoms with Crippen LogP contribution in [0.3, 0.4) is 0 Å². The first kappa shape index (κ1) is 25.7. The molecule has 2 fully saturated rings. The summed E-state index contributed by atoms with van der Waals surface area (Å²) in [4.78, 5) is 43.2. The molecule has 1 aliphatic carbocycles. The molecule has 194 valence electrons. The molecule has 2 aliphatic heterocycles. The van der Waals surface area contributed by atoms with Crippen molar-refractivity contribution in [1.29, 1.82) is 0 Å². The van der Waals surface area contributed by atoms with Gasteiger partial charge in [-0.15, -0.1) is 0 Å². The molecule has 2 N–H and O–H groups in total. The van der Waals surface area contributed by atoms with E-state index in [1.165, 1.54) is 48.1 Å². The molecule has 1 aromatic heterocycles. The number of likely N-dealkylation sites (tertiary alicyclic amines) is 1. The number of nitrogens with zero attached hydrogens (tertiary/aromatic N) is 4. The van der Waals surface area contributed by atoms with Crippen molar-refractivity contribution in [2.75, 3.05) is 33.2 Å². The lowest BCUT2D eigenvalue weighted by Gasteiger charge is -2.41. The lowest BCUT2D eigenvalue weighted by molar-refractivity contribution is -0.133. The van der Waals surface area contributed by atoms with Crippen LogP contribution in [0.1, 0.15) is 98.5 Å². The molecule has 4 rings (SSSR count). The van der Waals surface area contributed by atoms with Gasteiger partial charge in [0.15, 0.2) is 5.69 Å². The van der Waals surface area contributed by atoms with Crippen molar-refractivity contribution in [1.82, 2.24) is 30.2 Å². The van der Waals surface area contributed by atoms with Gasteiger partial charge in [-0.25, -0.2) is 0 Å². The van der Waals surface area contributed by atoms with E-state index in [1.807, 2.05) is 0 Å². The van der Waals surface area contributed by atoms with Crippen LogP contribution in [0.4, 0.5) is 0 Å². The molecule has 9 nitrogen and oxygen atoms in total. The van der Waals surface area contributed by atoms with Crippen molar-refractivity contribution in [2.24, 2.45) is 0 Å². The van der Waals surface area contributed by atoms with Crippen LogP contribution in [0.15, 0.2) is 6.07 Å². The fourth-order valence-electron chi connectivity index (χ4n) is 5.56. The van der Waals surface area contributed by atoms with Gasteiger partial charge < -0.3 is 20.4 Å². The molecule has 9 heteroatoms. The monoisotopic (exact) mass is 486 g/mol. The number of aromatic nitrogens is 2. The summed E-state index contributed by atoms with van der Waals surface area (Å²) in [5.74, 6) is -0.716. The minimum absolute atomic E-state index is 0.152. The highest BCUT2D eigenvalue weighted by Gasteiger charge is 2.46. The fourth-order valence-corrected chi connectivity index (χ4v) is 5.56. The largest absolute Gasteiger partial charge is 0.351 e. The summed E-state index contributed by atoms with van der Waals surface area (Å²) in [6, 6.07) is 1.70. The van der Waals surface area contributed by atoms with Gasteiger partial charge >= 0.3 is 0 Å². The first-order valence-corrected chi connectivity index (χ1v) is 13.6. The normalized spacial score (nSPS) is 24.4. The summed E-state index contributed by atoms with van der Waals surface area (Å²) in [5.41, 5.74) is -0.476. The zero-order valence-electron chi connectivity index (χ0n) is 21.5. The third-order valence-electron chi connectivity index (χ3n) is 8.05. The molecule has 3 heterocycles. The van der Waals surface area contributed by atoms with Crippen LogP contribution in [-0.4, -0.2) is 82.1 Å². The molecule has 1 saturated heterocycles. The zero-order chi connectivity index (χ0) is 24.8. The Balaban J connectivity index is 1.34. The van der Waals surface area contributed by atoms with Crippen LogP contribution >= 0.6 is 0 Å². The van der Waals surface area contributed by atoms with Crippen LogP contribution < -0.4 is 10.6 Å². The van der Waals surface area contributed by atoms with E-state index in [0.29, 0.717) is 12.2 Å². The minimum Gasteiger partial charge on any atom is -0.351 e. The zero-order valence-corrected chi connectivity index (χ0v) is 21.5. The van der Waals surface area contributed by atoms with Crippen LogP contribution in [0.2, 0.25) is 0 Å². The number of amides is 3. The van der Waals surface area contributed by atoms with Crippen LogP contribution in [0.5, 0.6) is 0 Å². The lowest BCUT2D eigenvalue weighted by Crippen LogP contribution is -2.63. The first-order chi connectivity index (χ1) is 16.9. The molecule has 35 heavy (non-hydrogen) atoms. The van der Waals surface area contributed by atoms with Gasteiger partial charge in [0, 0.05) is 25.7 Å². The van der Waals surface area contributed by atoms with Crippen molar-refractivity contribution in [3.8, 4) is 0 Å². The van der Waals surface area contributed by atoms with E-state index in [9.17, 15) is 14.4 Å². The number of hydrogen-bond donors (Lipinski definition) is 2. The first-order valence-electron chi connectivity index (χ1n) is 13.6. The molecule has 3 aliphatic rings. The second-order valence-corrected chi connectivity index (χ2v) is 10.7. The van der Waals surface area contributed by atoms with E-state index >= 15 is 0 Å². The van der Waals surface area contributed by atoms with Gasteiger partial charge in [-0.3, -0.25) is 19.1 Å². The summed E-state index contributed by atoms with van der Waals surface area (Å²) in [7, 11) is 1.66. The predicted molar refractivity (Wildman–Crippen MR) is 134 cm³/mol. The van der Waals surface area contributed by atoms with E-state index in [2.05, 4.69) is 20.6 Å². The third kappa shape index (κ3) is 6.05. The molecule has 3 amide bonds. The SMILES string of the molecule is CN1C(=O)c2cc(C(=O)NCCCN3CCCCCC3)nn2CC1(C)C(=O)NC1CCCCCC1. The molecule has 1 unspecified atom stereocenters. The number of likely N-dealkylation sites (N-methyl/N-ethyl adjacent to an activating group) is 1. The summed E-state index contributed by atoms with van der Waals surface area (Å²) in [6.07, 6.45) is 12.7. The standard InChI is InChI=1S/C26H42N6O3/c1-26(25(35)28-20-12-7-3-4-8-13-20)19-32-22(24(34)30(26)2)18-21(29-32)23(33)27-14-11-17-31-15-9-5-6-10-16-31/h18,20H,3-17,19H2,1-2H3,(H,27,33)(H,28,35). The number of rotatable bonds is 7. The van der Waals surface area contributed by atoms with E-state index in [4.69, 9.17) is 0 Å². The molecule has 0 bridgehead atoms. The van der Waals surface area contributed by atoms with E-state index in [-0.39, 0.29) is 36.0 Å². The number of carbonyl (C=O) groups excluding carboxylic acids is 3. The maximum atomic E-state index is 13.3. The van der Waals surface area contributed by atoms with Crippen molar-refractivity contribution >= 4 is 17.7 Å². The van der Waals surface area contributed by atoms with Crippen molar-refractivity contribution in [2.45, 2.75) is 95.7 Å². The van der Waals surface area contributed by atoms with Gasteiger partial charge in [-0.1, -0.05) is 38.5 Å². The van der Waals surface area contributed by atoms with Crippen LogP contribution in [-0.2, 0) is 11.3 Å². The van der Waals surface area contributed by atoms with Crippen LogP contribution in [0.25, 0.3) is 0 Å². The second kappa shape index (κ2) is 11.5. The number of carbonyl (C=O) groups is 3. The molecule has 1 saturated carbocycles. The van der Waals surface area contributed by atoms with Gasteiger partial charge in [0.2, 0.25) is 5.91 Å². The number of nitrogens with one attached hydrogen (secondary N) is 2. The summed E-state index contributed by atoms with van der Waals surface area (Å²) in [6.45, 7) is 5.86. The highest BCUT2D eigenvalue weighted by atomic mass is 16.2. The molecule has 1 aromatic rings. The molecule has 1 atom stereocenters. The Morgan fingerprint density at radius 1 is 1.06 bits per heavy atom. The van der Waals surface area contributed by atoms with Gasteiger partial charge in [-0.2, -0.15) is 5.10 Å². The van der Waals surface area contributed by atoms with Gasteiger partial charge in [0.1, 0.15) is 11.2 Å². The average Bonchev–Trinajstić information content (AvgIpc) is 3.01. The Bertz CT molecular complexity index is 899. The summed E-state index contributed by atoms with van der Waals surface area (Å²) in [5, 5.41) is 10.6. The average molecular weight is 487 g/mol. The maximum absolute atomic E-state index is 13.3. The molecule has 0 aromatic carbocycles. The Labute approximate surface area is 209 Å². The molecular formula is C26H42N6O3. The summed E-state index contributed by atoms with van der Waals surface area (Å²) < 4.78 is 1.53. The molecule has 0 radical (unpaired) electrons. The Kier molecular flexibility index (Phi) is 8.46. The highest BCUT2D eigenvalue weighted by Crippen LogP contribution is 2.27. The smallest absolute Gasteiger partial charge is 0.272 e. The van der Waals surface area contributed by atoms with E-state index < -0.39 is 5.54 Å².